The summed E-state index contributed by atoms with van der Waals surface area (Å²) in [5.74, 6) is -3.07. The Morgan fingerprint density at radius 3 is 2.55 bits per heavy atom. The van der Waals surface area contributed by atoms with Gasteiger partial charge in [0.2, 0.25) is 0 Å². The smallest absolute Gasteiger partial charge is 0.403 e. The molecule has 5 atom stereocenters. The van der Waals surface area contributed by atoms with Crippen molar-refractivity contribution < 1.29 is 46.0 Å². The Bertz CT molecular complexity index is 1700. The fraction of sp³-hybridized carbons (Fsp3) is 0.538. The molecule has 3 N–H and O–H groups in total. The third-order valence-corrected chi connectivity index (χ3v) is 7.78. The fourth-order valence-electron chi connectivity index (χ4n) is 4.10. The lowest BCUT2D eigenvalue weighted by atomic mass is 9.78. The number of aromatic amines is 1. The van der Waals surface area contributed by atoms with E-state index in [1.165, 1.54) is 6.07 Å². The zero-order valence-corrected chi connectivity index (χ0v) is 24.2. The average molecular weight is 604 g/mol. The van der Waals surface area contributed by atoms with Crippen LogP contribution in [0, 0.1) is 22.9 Å². The van der Waals surface area contributed by atoms with E-state index >= 15 is 8.78 Å². The third-order valence-electron chi connectivity index (χ3n) is 6.31. The van der Waals surface area contributed by atoms with Crippen molar-refractivity contribution in [2.75, 3.05) is 6.56 Å². The lowest BCUT2D eigenvalue weighted by molar-refractivity contribution is -0.205. The number of hydrogen-bond donors (Lipinski definition) is 3. The van der Waals surface area contributed by atoms with Crippen molar-refractivity contribution in [3.05, 3.63) is 55.5 Å². The van der Waals surface area contributed by atoms with E-state index in [2.05, 4.69) is 4.98 Å². The first-order chi connectivity index (χ1) is 19.4. The third kappa shape index (κ3) is 5.42. The van der Waals surface area contributed by atoms with Crippen LogP contribution in [0.25, 0.3) is 0 Å². The van der Waals surface area contributed by atoms with E-state index in [4.69, 9.17) is 41.1 Å². The molecule has 10 nitrogen and oxygen atoms in total. The minimum absolute atomic E-state index is 0.113. The molecule has 2 aliphatic heterocycles. The SMILES string of the molecule is [2H]C([2H])(OP1(=O)OCc2c(F)c(C(C)(C)C)cc(C(C)(C)C)c2O1)[C@@]1(F)O[C@@]([2H])(n2cc(C#C)c(=O)[nH]c2=S)[C@H](O)[C@@H]1O. The van der Waals surface area contributed by atoms with Crippen LogP contribution in [0.1, 0.15) is 74.1 Å². The van der Waals surface area contributed by atoms with Crippen LogP contribution < -0.4 is 10.1 Å². The molecule has 0 spiro atoms. The van der Waals surface area contributed by atoms with Crippen LogP contribution in [-0.4, -0.2) is 44.4 Å². The monoisotopic (exact) mass is 603 g/mol. The van der Waals surface area contributed by atoms with Gasteiger partial charge in [0, 0.05) is 11.8 Å². The van der Waals surface area contributed by atoms with Crippen molar-refractivity contribution in [2.24, 2.45) is 0 Å². The van der Waals surface area contributed by atoms with E-state index in [1.54, 1.807) is 41.5 Å². The number of hydrogen-bond acceptors (Lipinski definition) is 9. The Balaban J connectivity index is 1.75. The molecule has 0 saturated carbocycles. The summed E-state index contributed by atoms with van der Waals surface area (Å²) in [6.45, 7) is 6.04. The lowest BCUT2D eigenvalue weighted by Crippen LogP contribution is -2.43. The maximum absolute atomic E-state index is 16.3. The van der Waals surface area contributed by atoms with Gasteiger partial charge in [-0.05, 0) is 34.7 Å². The topological polar surface area (TPSA) is 132 Å². The lowest BCUT2D eigenvalue weighted by Gasteiger charge is -2.34. The molecule has 1 unspecified atom stereocenters. The number of fused-ring (bicyclic) bond motifs is 1. The van der Waals surface area contributed by atoms with Crippen LogP contribution in [0.4, 0.5) is 8.78 Å². The fourth-order valence-corrected chi connectivity index (χ4v) is 5.43. The summed E-state index contributed by atoms with van der Waals surface area (Å²) in [5, 5.41) is 21.3. The maximum atomic E-state index is 16.3. The van der Waals surface area contributed by atoms with Gasteiger partial charge in [-0.2, -0.15) is 0 Å². The number of aliphatic hydroxyl groups excluding tert-OH is 2. The summed E-state index contributed by atoms with van der Waals surface area (Å²) in [7, 11) is -5.14. The van der Waals surface area contributed by atoms with Crippen LogP contribution in [0.5, 0.6) is 5.75 Å². The largest absolute Gasteiger partial charge is 0.530 e. The Morgan fingerprint density at radius 1 is 1.35 bits per heavy atom. The van der Waals surface area contributed by atoms with Crippen molar-refractivity contribution in [3.63, 3.8) is 0 Å². The zero-order valence-electron chi connectivity index (χ0n) is 25.5. The molecule has 14 heteroatoms. The number of halogens is 2. The highest BCUT2D eigenvalue weighted by atomic mass is 32.1. The molecule has 4 rings (SSSR count). The molecule has 1 aromatic heterocycles. The summed E-state index contributed by atoms with van der Waals surface area (Å²) in [5.41, 5.74) is -2.04. The molecule has 40 heavy (non-hydrogen) atoms. The van der Waals surface area contributed by atoms with Gasteiger partial charge in [0.25, 0.3) is 11.4 Å². The highest BCUT2D eigenvalue weighted by Crippen LogP contribution is 2.58. The Kier molecular flexibility index (Phi) is 6.71. The number of ether oxygens (including phenoxy) is 1. The van der Waals surface area contributed by atoms with Gasteiger partial charge in [-0.1, -0.05) is 47.5 Å². The number of terminal acetylenes is 1. The average Bonchev–Trinajstić information content (AvgIpc) is 3.03. The Hall–Kier alpha value is -2.43. The first-order valence-corrected chi connectivity index (χ1v) is 13.9. The van der Waals surface area contributed by atoms with Gasteiger partial charge < -0.3 is 19.5 Å². The first-order valence-electron chi connectivity index (χ1n) is 13.5. The molecule has 0 bridgehead atoms. The van der Waals surface area contributed by atoms with E-state index < -0.39 is 77.8 Å². The molecular formula is C26H31F2N2O8PS. The summed E-state index contributed by atoms with van der Waals surface area (Å²) >= 11 is 4.97. The van der Waals surface area contributed by atoms with Crippen LogP contribution in [-0.2, 0) is 35.8 Å². The molecular weight excluding hydrogens is 569 g/mol. The highest BCUT2D eigenvalue weighted by Gasteiger charge is 2.57. The maximum Gasteiger partial charge on any atom is 0.530 e. The second-order valence-electron chi connectivity index (χ2n) is 11.4. The summed E-state index contributed by atoms with van der Waals surface area (Å²) in [6, 6.07) is 1.53. The standard InChI is InChI=1S/C26H31F2N2O8PS/c1-8-13-10-30(23(40)29-21(13)33)22-18(31)20(32)26(28,37-22)12-36-39(34)35-11-14-17(27)15(24(2,3)4)9-16(19(14)38-39)25(5,6)7/h1,9-10,18,20,22,31-32H,11-12H2,2-7H3,(H,29,33,40)/t18-,20+,22-,26-,39?/m1/s1/i12D2,22D. The second-order valence-corrected chi connectivity index (χ2v) is 13.3. The number of aromatic nitrogens is 2. The quantitative estimate of drug-likeness (QED) is 0.266. The van der Waals surface area contributed by atoms with Gasteiger partial charge in [0.05, 0.1) is 16.3 Å². The number of nitrogens with one attached hydrogen (secondary N) is 1. The predicted octanol–water partition coefficient (Wildman–Crippen LogP) is 4.27. The van der Waals surface area contributed by atoms with Gasteiger partial charge >= 0.3 is 7.82 Å². The molecule has 0 radical (unpaired) electrons. The van der Waals surface area contributed by atoms with Gasteiger partial charge in [0.1, 0.15) is 35.9 Å². The first kappa shape index (κ1) is 26.5. The van der Waals surface area contributed by atoms with Crippen molar-refractivity contribution in [3.8, 4) is 18.1 Å². The van der Waals surface area contributed by atoms with E-state index in [1.807, 2.05) is 5.92 Å². The van der Waals surface area contributed by atoms with E-state index in [9.17, 15) is 19.6 Å². The van der Waals surface area contributed by atoms with Crippen LogP contribution >= 0.6 is 20.0 Å². The van der Waals surface area contributed by atoms with Crippen molar-refractivity contribution in [2.45, 2.75) is 83.2 Å². The Labute approximate surface area is 239 Å². The van der Waals surface area contributed by atoms with Gasteiger partial charge in [0.15, 0.2) is 11.0 Å². The molecule has 218 valence electrons. The molecule has 1 saturated heterocycles. The number of phosphoric ester groups is 1. The number of alkyl halides is 1. The van der Waals surface area contributed by atoms with Crippen LogP contribution in [0.15, 0.2) is 17.1 Å². The minimum atomic E-state index is -5.14. The summed E-state index contributed by atoms with van der Waals surface area (Å²) < 4.78 is 91.1. The summed E-state index contributed by atoms with van der Waals surface area (Å²) in [6.07, 6.45) is -2.51. The predicted molar refractivity (Wildman–Crippen MR) is 143 cm³/mol. The number of nitrogens with zero attached hydrogens (tertiary/aromatic N) is 1. The van der Waals surface area contributed by atoms with E-state index in [0.717, 1.165) is 6.20 Å². The number of rotatable bonds is 4. The molecule has 2 aromatic rings. The zero-order chi connectivity index (χ0) is 32.7. The molecule has 2 aliphatic rings. The molecule has 0 amide bonds. The van der Waals surface area contributed by atoms with E-state index in [-0.39, 0.29) is 11.3 Å². The van der Waals surface area contributed by atoms with Gasteiger partial charge in [-0.15, -0.1) is 6.42 Å². The van der Waals surface area contributed by atoms with Gasteiger partial charge in [-0.25, -0.2) is 13.3 Å². The number of benzene rings is 1. The van der Waals surface area contributed by atoms with Crippen molar-refractivity contribution >= 4 is 20.0 Å². The Morgan fingerprint density at radius 2 is 1.98 bits per heavy atom. The summed E-state index contributed by atoms with van der Waals surface area (Å²) in [4.78, 5) is 14.1. The molecule has 0 aliphatic carbocycles. The highest BCUT2D eigenvalue weighted by molar-refractivity contribution is 7.71. The number of H-pyrrole nitrogens is 1. The van der Waals surface area contributed by atoms with E-state index in [0.29, 0.717) is 15.7 Å². The second kappa shape index (κ2) is 10.1. The number of phosphoric acid groups is 1. The minimum Gasteiger partial charge on any atom is -0.403 e. The molecule has 1 aromatic carbocycles. The molecule has 3 heterocycles. The normalized spacial score (nSPS) is 31.9. The number of aliphatic hydroxyl groups is 2. The van der Waals surface area contributed by atoms with Gasteiger partial charge in [-0.3, -0.25) is 23.4 Å². The van der Waals surface area contributed by atoms with Crippen LogP contribution in [0.3, 0.4) is 0 Å². The van der Waals surface area contributed by atoms with Crippen LogP contribution in [0.2, 0.25) is 0 Å². The van der Waals surface area contributed by atoms with Crippen molar-refractivity contribution in [1.29, 1.82) is 0 Å². The molecule has 1 fully saturated rings. The van der Waals surface area contributed by atoms with Crippen molar-refractivity contribution in [1.82, 2.24) is 9.55 Å².